The number of rotatable bonds is 6. The molecule has 5 aromatic rings. The Balaban J connectivity index is 1.61. The summed E-state index contributed by atoms with van der Waals surface area (Å²) in [6, 6.07) is 27.4. The van der Waals surface area contributed by atoms with Crippen LogP contribution in [0.3, 0.4) is 0 Å². The molecule has 5 rings (SSSR count). The quantitative estimate of drug-likeness (QED) is 0.271. The van der Waals surface area contributed by atoms with Crippen molar-refractivity contribution in [1.29, 1.82) is 0 Å². The largest absolute Gasteiger partial charge is 0.383 e. The number of hydrogen-bond donors (Lipinski definition) is 2. The molecule has 0 spiro atoms. The predicted molar refractivity (Wildman–Crippen MR) is 143 cm³/mol. The number of primary amides is 1. The number of hydrogen-bond acceptors (Lipinski definition) is 6. The zero-order valence-corrected chi connectivity index (χ0v) is 20.3. The van der Waals surface area contributed by atoms with E-state index in [-0.39, 0.29) is 10.7 Å². The third-order valence-electron chi connectivity index (χ3n) is 5.52. The van der Waals surface area contributed by atoms with Gasteiger partial charge >= 0.3 is 0 Å². The van der Waals surface area contributed by atoms with Crippen LogP contribution in [0.2, 0.25) is 0 Å². The van der Waals surface area contributed by atoms with Gasteiger partial charge in [-0.25, -0.2) is 4.68 Å². The van der Waals surface area contributed by atoms with Crippen molar-refractivity contribution in [2.45, 2.75) is 6.92 Å². The van der Waals surface area contributed by atoms with Crippen molar-refractivity contribution >= 4 is 29.3 Å². The molecular formula is C27H23N7OS. The molecule has 3 aromatic carbocycles. The second-order valence-electron chi connectivity index (χ2n) is 8.06. The first kappa shape index (κ1) is 23.0. The Bertz CT molecular complexity index is 1610. The molecule has 0 aliphatic heterocycles. The lowest BCUT2D eigenvalue weighted by molar-refractivity contribution is 0.100. The summed E-state index contributed by atoms with van der Waals surface area (Å²) in [5.41, 5.74) is 17.2. The Hall–Kier alpha value is -4.76. The molecule has 4 N–H and O–H groups in total. The highest BCUT2D eigenvalue weighted by Crippen LogP contribution is 2.23. The van der Waals surface area contributed by atoms with Crippen LogP contribution in [0.25, 0.3) is 22.6 Å². The van der Waals surface area contributed by atoms with Crippen LogP contribution in [0.1, 0.15) is 20.8 Å². The highest BCUT2D eigenvalue weighted by atomic mass is 32.1. The van der Waals surface area contributed by atoms with Gasteiger partial charge in [-0.1, -0.05) is 77.6 Å². The van der Waals surface area contributed by atoms with E-state index in [2.05, 4.69) is 10.2 Å². The fourth-order valence-electron chi connectivity index (χ4n) is 3.73. The first-order valence-electron chi connectivity index (χ1n) is 11.2. The molecule has 9 heteroatoms. The number of aromatic nitrogens is 3. The average molecular weight is 494 g/mol. The molecule has 0 atom stereocenters. The molecule has 0 saturated heterocycles. The Morgan fingerprint density at radius 2 is 1.58 bits per heavy atom. The molecular weight excluding hydrogens is 470 g/mol. The SMILES string of the molecule is Cc1ccc(-c2nn(-c3ccccc3)cc2/C=N/N=c2\sc(C(N)=O)c(N)n2-c2ccccc2)cc1. The number of carbonyl (C=O) groups is 1. The molecule has 36 heavy (non-hydrogen) atoms. The summed E-state index contributed by atoms with van der Waals surface area (Å²) in [6.07, 6.45) is 3.56. The van der Waals surface area contributed by atoms with Gasteiger partial charge in [0.05, 0.1) is 11.9 Å². The summed E-state index contributed by atoms with van der Waals surface area (Å²) in [7, 11) is 0. The number of para-hydroxylation sites is 2. The van der Waals surface area contributed by atoms with Gasteiger partial charge < -0.3 is 11.5 Å². The number of nitrogens with zero attached hydrogens (tertiary/aromatic N) is 5. The third-order valence-corrected chi connectivity index (χ3v) is 6.59. The molecule has 2 aromatic heterocycles. The minimum atomic E-state index is -0.613. The number of nitrogen functional groups attached to an aromatic ring is 1. The van der Waals surface area contributed by atoms with Gasteiger partial charge in [0.25, 0.3) is 5.91 Å². The molecule has 0 radical (unpaired) electrons. The molecule has 0 bridgehead atoms. The van der Waals surface area contributed by atoms with E-state index in [1.165, 1.54) is 0 Å². The van der Waals surface area contributed by atoms with E-state index >= 15 is 0 Å². The first-order valence-corrected chi connectivity index (χ1v) is 12.0. The number of amides is 1. The topological polar surface area (TPSA) is 117 Å². The summed E-state index contributed by atoms with van der Waals surface area (Å²) in [6.45, 7) is 2.04. The summed E-state index contributed by atoms with van der Waals surface area (Å²) in [5.74, 6) is -0.386. The lowest BCUT2D eigenvalue weighted by atomic mass is 10.1. The summed E-state index contributed by atoms with van der Waals surface area (Å²) in [4.78, 5) is 12.6. The lowest BCUT2D eigenvalue weighted by Crippen LogP contribution is -2.16. The monoisotopic (exact) mass is 493 g/mol. The summed E-state index contributed by atoms with van der Waals surface area (Å²) in [5, 5.41) is 13.6. The predicted octanol–water partition coefficient (Wildman–Crippen LogP) is 4.32. The van der Waals surface area contributed by atoms with E-state index in [4.69, 9.17) is 16.6 Å². The molecule has 0 saturated carbocycles. The molecule has 0 aliphatic carbocycles. The van der Waals surface area contributed by atoms with Crippen molar-refractivity contribution in [2.75, 3.05) is 5.73 Å². The fourth-order valence-corrected chi connectivity index (χ4v) is 4.60. The van der Waals surface area contributed by atoms with Gasteiger partial charge in [-0.05, 0) is 31.2 Å². The van der Waals surface area contributed by atoms with Crippen LogP contribution >= 0.6 is 11.3 Å². The molecule has 1 amide bonds. The van der Waals surface area contributed by atoms with E-state index in [0.717, 1.165) is 45.1 Å². The first-order chi connectivity index (χ1) is 17.5. The van der Waals surface area contributed by atoms with Crippen molar-refractivity contribution in [3.8, 4) is 22.6 Å². The maximum absolute atomic E-state index is 11.9. The van der Waals surface area contributed by atoms with E-state index in [1.54, 1.807) is 10.8 Å². The summed E-state index contributed by atoms with van der Waals surface area (Å²) < 4.78 is 3.48. The highest BCUT2D eigenvalue weighted by Gasteiger charge is 2.16. The van der Waals surface area contributed by atoms with Gasteiger partial charge in [0.2, 0.25) is 4.80 Å². The number of carbonyl (C=O) groups excluding carboxylic acids is 1. The van der Waals surface area contributed by atoms with Crippen LogP contribution in [-0.4, -0.2) is 26.5 Å². The van der Waals surface area contributed by atoms with Gasteiger partial charge in [0, 0.05) is 23.0 Å². The van der Waals surface area contributed by atoms with Gasteiger partial charge in [-0.15, -0.1) is 5.10 Å². The number of aryl methyl sites for hydroxylation is 1. The Kier molecular flexibility index (Phi) is 6.29. The number of anilines is 1. The minimum absolute atomic E-state index is 0.227. The molecule has 0 fully saturated rings. The van der Waals surface area contributed by atoms with Crippen LogP contribution in [-0.2, 0) is 0 Å². The van der Waals surface area contributed by atoms with Gasteiger partial charge in [0.1, 0.15) is 16.4 Å². The minimum Gasteiger partial charge on any atom is -0.383 e. The van der Waals surface area contributed by atoms with Crippen molar-refractivity contribution in [3.05, 3.63) is 112 Å². The number of thiazole rings is 1. The zero-order chi connectivity index (χ0) is 25.1. The Morgan fingerprint density at radius 1 is 0.944 bits per heavy atom. The Morgan fingerprint density at radius 3 is 2.22 bits per heavy atom. The van der Waals surface area contributed by atoms with E-state index < -0.39 is 5.91 Å². The zero-order valence-electron chi connectivity index (χ0n) is 19.4. The standard InChI is InChI=1S/C27H23N7OS/c1-18-12-14-19(15-13-18)23-20(17-33(32-23)21-8-4-2-5-9-21)16-30-31-27-34(22-10-6-3-7-11-22)25(28)24(36-27)26(29)35/h2-17H,28H2,1H3,(H2,29,35)/b30-16+,31-27-. The highest BCUT2D eigenvalue weighted by molar-refractivity contribution is 7.12. The Labute approximate surface area is 211 Å². The smallest absolute Gasteiger partial charge is 0.262 e. The summed E-state index contributed by atoms with van der Waals surface area (Å²) >= 11 is 1.09. The average Bonchev–Trinajstić information content (AvgIpc) is 3.47. The van der Waals surface area contributed by atoms with Crippen LogP contribution < -0.4 is 16.3 Å². The van der Waals surface area contributed by atoms with Crippen molar-refractivity contribution in [2.24, 2.45) is 15.9 Å². The molecule has 2 heterocycles. The normalized spacial score (nSPS) is 11.9. The van der Waals surface area contributed by atoms with Gasteiger partial charge in [0.15, 0.2) is 0 Å². The van der Waals surface area contributed by atoms with Crippen LogP contribution in [0.4, 0.5) is 5.82 Å². The van der Waals surface area contributed by atoms with Crippen LogP contribution in [0, 0.1) is 6.92 Å². The molecule has 8 nitrogen and oxygen atoms in total. The fraction of sp³-hybridized carbons (Fsp3) is 0.0370. The number of nitrogens with two attached hydrogens (primary N) is 2. The van der Waals surface area contributed by atoms with Crippen LogP contribution in [0.5, 0.6) is 0 Å². The van der Waals surface area contributed by atoms with E-state index in [9.17, 15) is 4.79 Å². The maximum Gasteiger partial charge on any atom is 0.262 e. The molecule has 0 aliphatic rings. The molecule has 0 unspecified atom stereocenters. The van der Waals surface area contributed by atoms with E-state index in [1.807, 2.05) is 103 Å². The van der Waals surface area contributed by atoms with E-state index in [0.29, 0.717) is 4.80 Å². The van der Waals surface area contributed by atoms with Crippen LogP contribution in [0.15, 0.2) is 101 Å². The van der Waals surface area contributed by atoms with Gasteiger partial charge in [-0.3, -0.25) is 9.36 Å². The van der Waals surface area contributed by atoms with Crippen molar-refractivity contribution in [3.63, 3.8) is 0 Å². The maximum atomic E-state index is 11.9. The second-order valence-corrected chi connectivity index (χ2v) is 9.04. The third kappa shape index (κ3) is 4.59. The van der Waals surface area contributed by atoms with Crippen molar-refractivity contribution in [1.82, 2.24) is 14.3 Å². The second kappa shape index (κ2) is 9.85. The lowest BCUT2D eigenvalue weighted by Gasteiger charge is -2.05. The molecule has 178 valence electrons. The van der Waals surface area contributed by atoms with Crippen molar-refractivity contribution < 1.29 is 4.79 Å². The van der Waals surface area contributed by atoms with Gasteiger partial charge in [-0.2, -0.15) is 10.2 Å². The number of benzene rings is 3.